The molecule has 0 aromatic carbocycles. The van der Waals surface area contributed by atoms with Crippen molar-refractivity contribution >= 4 is 40.0 Å². The van der Waals surface area contributed by atoms with E-state index in [1.165, 1.54) is 35.9 Å². The SMILES string of the molecule is CC[C@@H](C)C(=O)Nc1nnc(SCC(=O)NC2CCCC2)s1. The molecular formula is C14H22N4O2S2. The van der Waals surface area contributed by atoms with E-state index in [0.29, 0.717) is 21.3 Å². The van der Waals surface area contributed by atoms with E-state index >= 15 is 0 Å². The molecule has 122 valence electrons. The van der Waals surface area contributed by atoms with E-state index in [-0.39, 0.29) is 17.7 Å². The summed E-state index contributed by atoms with van der Waals surface area (Å²) in [5, 5.41) is 14.2. The monoisotopic (exact) mass is 342 g/mol. The minimum atomic E-state index is -0.0471. The second kappa shape index (κ2) is 8.47. The van der Waals surface area contributed by atoms with E-state index in [1.54, 1.807) is 0 Å². The zero-order valence-corrected chi connectivity index (χ0v) is 14.6. The van der Waals surface area contributed by atoms with Gasteiger partial charge in [-0.15, -0.1) is 10.2 Å². The topological polar surface area (TPSA) is 84.0 Å². The molecule has 1 aliphatic rings. The quantitative estimate of drug-likeness (QED) is 0.588. The first kappa shape index (κ1) is 17.2. The van der Waals surface area contributed by atoms with Gasteiger partial charge in [0.25, 0.3) is 0 Å². The molecule has 0 aliphatic heterocycles. The molecule has 0 bridgehead atoms. The Morgan fingerprint density at radius 1 is 1.36 bits per heavy atom. The Morgan fingerprint density at radius 2 is 2.09 bits per heavy atom. The smallest absolute Gasteiger partial charge is 0.230 e. The van der Waals surface area contributed by atoms with Crippen LogP contribution in [0.25, 0.3) is 0 Å². The molecule has 1 atom stereocenters. The summed E-state index contributed by atoms with van der Waals surface area (Å²) >= 11 is 2.66. The van der Waals surface area contributed by atoms with Crippen molar-refractivity contribution < 1.29 is 9.59 Å². The number of carbonyl (C=O) groups excluding carboxylic acids is 2. The highest BCUT2D eigenvalue weighted by Gasteiger charge is 2.18. The Morgan fingerprint density at radius 3 is 2.77 bits per heavy atom. The molecule has 1 saturated carbocycles. The van der Waals surface area contributed by atoms with Gasteiger partial charge in [-0.2, -0.15) is 0 Å². The minimum absolute atomic E-state index is 0.0392. The average molecular weight is 342 g/mol. The molecular weight excluding hydrogens is 320 g/mol. The highest BCUT2D eigenvalue weighted by atomic mass is 32.2. The van der Waals surface area contributed by atoms with Gasteiger partial charge in [0.2, 0.25) is 16.9 Å². The first-order chi connectivity index (χ1) is 10.6. The van der Waals surface area contributed by atoms with E-state index in [1.807, 2.05) is 13.8 Å². The van der Waals surface area contributed by atoms with Crippen molar-refractivity contribution in [2.24, 2.45) is 5.92 Å². The molecule has 1 aliphatic carbocycles. The number of rotatable bonds is 7. The van der Waals surface area contributed by atoms with Gasteiger partial charge < -0.3 is 10.6 Å². The zero-order valence-electron chi connectivity index (χ0n) is 12.9. The molecule has 1 fully saturated rings. The first-order valence-electron chi connectivity index (χ1n) is 7.65. The first-order valence-corrected chi connectivity index (χ1v) is 9.45. The highest BCUT2D eigenvalue weighted by Crippen LogP contribution is 2.26. The number of hydrogen-bond donors (Lipinski definition) is 2. The van der Waals surface area contributed by atoms with E-state index in [0.717, 1.165) is 19.3 Å². The number of nitrogens with zero attached hydrogens (tertiary/aromatic N) is 2. The number of anilines is 1. The molecule has 0 saturated heterocycles. The summed E-state index contributed by atoms with van der Waals surface area (Å²) < 4.78 is 0.695. The van der Waals surface area contributed by atoms with Crippen molar-refractivity contribution in [3.05, 3.63) is 0 Å². The highest BCUT2D eigenvalue weighted by molar-refractivity contribution is 8.01. The molecule has 0 radical (unpaired) electrons. The molecule has 2 rings (SSSR count). The maximum Gasteiger partial charge on any atom is 0.230 e. The molecule has 2 N–H and O–H groups in total. The third-order valence-corrected chi connectivity index (χ3v) is 5.72. The number of thioether (sulfide) groups is 1. The normalized spacial score (nSPS) is 16.5. The predicted octanol–water partition coefficient (Wildman–Crippen LogP) is 2.67. The lowest BCUT2D eigenvalue weighted by Crippen LogP contribution is -2.33. The van der Waals surface area contributed by atoms with E-state index in [4.69, 9.17) is 0 Å². The maximum absolute atomic E-state index is 11.8. The Hall–Kier alpha value is -1.15. The van der Waals surface area contributed by atoms with E-state index in [9.17, 15) is 9.59 Å². The standard InChI is InChI=1S/C14H22N4O2S2/c1-3-9(2)12(20)16-13-17-18-14(22-13)21-8-11(19)15-10-6-4-5-7-10/h9-10H,3-8H2,1-2H3,(H,15,19)(H,16,17,20)/t9-/m1/s1. The molecule has 1 aromatic heterocycles. The van der Waals surface area contributed by atoms with Crippen molar-refractivity contribution in [3.8, 4) is 0 Å². The van der Waals surface area contributed by atoms with Gasteiger partial charge in [-0.1, -0.05) is 49.8 Å². The second-order valence-corrected chi connectivity index (χ2v) is 7.71. The van der Waals surface area contributed by atoms with Crippen LogP contribution in [0.5, 0.6) is 0 Å². The van der Waals surface area contributed by atoms with E-state index in [2.05, 4.69) is 20.8 Å². The third kappa shape index (κ3) is 5.24. The van der Waals surface area contributed by atoms with Gasteiger partial charge in [-0.3, -0.25) is 9.59 Å². The lowest BCUT2D eigenvalue weighted by Gasteiger charge is -2.10. The lowest BCUT2D eigenvalue weighted by atomic mass is 10.1. The third-order valence-electron chi connectivity index (χ3n) is 3.74. The number of amides is 2. The summed E-state index contributed by atoms with van der Waals surface area (Å²) in [5.41, 5.74) is 0. The summed E-state index contributed by atoms with van der Waals surface area (Å²) in [4.78, 5) is 23.6. The van der Waals surface area contributed by atoms with Gasteiger partial charge in [-0.25, -0.2) is 0 Å². The van der Waals surface area contributed by atoms with Gasteiger partial charge >= 0.3 is 0 Å². The van der Waals surface area contributed by atoms with Crippen LogP contribution in [0.1, 0.15) is 46.0 Å². The van der Waals surface area contributed by atoms with Gasteiger partial charge in [0, 0.05) is 12.0 Å². The fraction of sp³-hybridized carbons (Fsp3) is 0.714. The van der Waals surface area contributed by atoms with Crippen LogP contribution in [0.4, 0.5) is 5.13 Å². The molecule has 0 spiro atoms. The number of nitrogens with one attached hydrogen (secondary N) is 2. The summed E-state index contributed by atoms with van der Waals surface area (Å²) in [6.45, 7) is 3.84. The number of carbonyl (C=O) groups is 2. The second-order valence-electron chi connectivity index (χ2n) is 5.51. The molecule has 2 amide bonds. The van der Waals surface area contributed by atoms with Crippen LogP contribution in [0.15, 0.2) is 4.34 Å². The van der Waals surface area contributed by atoms with Gasteiger partial charge in [-0.05, 0) is 19.3 Å². The summed E-state index contributed by atoms with van der Waals surface area (Å²) in [5.74, 6) is 0.286. The van der Waals surface area contributed by atoms with Crippen molar-refractivity contribution in [1.82, 2.24) is 15.5 Å². The summed E-state index contributed by atoms with van der Waals surface area (Å²) in [6, 6.07) is 0.341. The Kier molecular flexibility index (Phi) is 6.63. The van der Waals surface area contributed by atoms with Crippen LogP contribution >= 0.6 is 23.1 Å². The molecule has 1 heterocycles. The fourth-order valence-electron chi connectivity index (χ4n) is 2.20. The van der Waals surface area contributed by atoms with Gasteiger partial charge in [0.1, 0.15) is 0 Å². The van der Waals surface area contributed by atoms with Gasteiger partial charge in [0.15, 0.2) is 4.34 Å². The van der Waals surface area contributed by atoms with Crippen LogP contribution in [0, 0.1) is 5.92 Å². The van der Waals surface area contributed by atoms with Gasteiger partial charge in [0.05, 0.1) is 5.75 Å². The summed E-state index contributed by atoms with van der Waals surface area (Å²) in [6.07, 6.45) is 5.36. The van der Waals surface area contributed by atoms with Crippen LogP contribution in [-0.4, -0.2) is 33.8 Å². The van der Waals surface area contributed by atoms with Crippen molar-refractivity contribution in [1.29, 1.82) is 0 Å². The van der Waals surface area contributed by atoms with Crippen LogP contribution < -0.4 is 10.6 Å². The van der Waals surface area contributed by atoms with Crippen LogP contribution in [-0.2, 0) is 9.59 Å². The minimum Gasteiger partial charge on any atom is -0.353 e. The Bertz CT molecular complexity index is 515. The van der Waals surface area contributed by atoms with E-state index < -0.39 is 0 Å². The zero-order chi connectivity index (χ0) is 15.9. The Balaban J connectivity index is 1.74. The maximum atomic E-state index is 11.8. The van der Waals surface area contributed by atoms with Crippen molar-refractivity contribution in [3.63, 3.8) is 0 Å². The van der Waals surface area contributed by atoms with Crippen molar-refractivity contribution in [2.45, 2.75) is 56.3 Å². The summed E-state index contributed by atoms with van der Waals surface area (Å²) in [7, 11) is 0. The molecule has 0 unspecified atom stereocenters. The Labute approximate surface area is 138 Å². The van der Waals surface area contributed by atoms with Crippen molar-refractivity contribution in [2.75, 3.05) is 11.1 Å². The van der Waals surface area contributed by atoms with Crippen LogP contribution in [0.2, 0.25) is 0 Å². The average Bonchev–Trinajstić information content (AvgIpc) is 3.16. The number of hydrogen-bond acceptors (Lipinski definition) is 6. The molecule has 22 heavy (non-hydrogen) atoms. The fourth-order valence-corrected chi connectivity index (χ4v) is 3.77. The largest absolute Gasteiger partial charge is 0.353 e. The number of aromatic nitrogens is 2. The molecule has 6 nitrogen and oxygen atoms in total. The molecule has 1 aromatic rings. The lowest BCUT2D eigenvalue weighted by molar-refractivity contribution is -0.120. The predicted molar refractivity (Wildman–Crippen MR) is 89.1 cm³/mol. The molecule has 8 heteroatoms. The van der Waals surface area contributed by atoms with Crippen LogP contribution in [0.3, 0.4) is 0 Å².